The fraction of sp³-hybridized carbons (Fsp3) is 0.471. The van der Waals surface area contributed by atoms with Crippen molar-refractivity contribution in [3.8, 4) is 0 Å². The topological polar surface area (TPSA) is 46.2 Å². The van der Waals surface area contributed by atoms with Gasteiger partial charge in [0.25, 0.3) is 0 Å². The normalized spacial score (nSPS) is 27.8. The summed E-state index contributed by atoms with van der Waals surface area (Å²) in [6.45, 7) is 2.19. The average molecular weight is 529 g/mol. The van der Waals surface area contributed by atoms with Gasteiger partial charge in [0, 0.05) is 18.8 Å². The van der Waals surface area contributed by atoms with Crippen LogP contribution in [0.3, 0.4) is 0 Å². The van der Waals surface area contributed by atoms with Crippen molar-refractivity contribution in [2.45, 2.75) is 88.5 Å². The quantitative estimate of drug-likeness (QED) is 0.288. The van der Waals surface area contributed by atoms with Crippen LogP contribution in [0.15, 0.2) is 91.0 Å². The van der Waals surface area contributed by atoms with Gasteiger partial charge in [0.1, 0.15) is 12.2 Å². The molecule has 0 radical (unpaired) electrons. The Labute approximate surface area is 232 Å². The first-order chi connectivity index (χ1) is 19.3. The minimum Gasteiger partial charge on any atom is -0.376 e. The molecule has 3 aromatic rings. The molecule has 5 atom stereocenters. The van der Waals surface area contributed by atoms with E-state index in [1.165, 1.54) is 12.0 Å². The molecule has 1 saturated heterocycles. The van der Waals surface area contributed by atoms with Gasteiger partial charge in [-0.05, 0) is 36.0 Å². The Bertz CT molecular complexity index is 1130. The van der Waals surface area contributed by atoms with Crippen molar-refractivity contribution in [2.75, 3.05) is 6.61 Å². The zero-order valence-corrected chi connectivity index (χ0v) is 22.7. The molecule has 3 fully saturated rings. The zero-order chi connectivity index (χ0) is 26.3. The van der Waals surface area contributed by atoms with E-state index in [4.69, 9.17) is 23.7 Å². The molecule has 1 heterocycles. The van der Waals surface area contributed by atoms with Crippen molar-refractivity contribution in [2.24, 2.45) is 5.92 Å². The number of ether oxygens (including phenoxy) is 5. The molecule has 5 heteroatoms. The van der Waals surface area contributed by atoms with Crippen LogP contribution in [0.1, 0.15) is 55.2 Å². The molecule has 206 valence electrons. The third-order valence-corrected chi connectivity index (χ3v) is 8.36. The SMILES string of the molecule is c1ccc(COC[C@H]2C[C@H]3OC4(CCCCC4)O[C@H]3[C@@H](OCc3ccccc3)[C@@H]2OCc2ccccc2)cc1. The lowest BCUT2D eigenvalue weighted by molar-refractivity contribution is -0.213. The summed E-state index contributed by atoms with van der Waals surface area (Å²) < 4.78 is 33.4. The summed E-state index contributed by atoms with van der Waals surface area (Å²) in [5, 5.41) is 0. The van der Waals surface area contributed by atoms with Crippen LogP contribution in [-0.2, 0) is 43.5 Å². The number of hydrogen-bond donors (Lipinski definition) is 0. The van der Waals surface area contributed by atoms with E-state index >= 15 is 0 Å². The Morgan fingerprint density at radius 1 is 0.615 bits per heavy atom. The largest absolute Gasteiger partial charge is 0.376 e. The maximum Gasteiger partial charge on any atom is 0.169 e. The minimum absolute atomic E-state index is 0.0224. The first-order valence-corrected chi connectivity index (χ1v) is 14.6. The third kappa shape index (κ3) is 6.62. The Morgan fingerprint density at radius 3 is 1.74 bits per heavy atom. The first-order valence-electron chi connectivity index (χ1n) is 14.6. The van der Waals surface area contributed by atoms with Crippen molar-refractivity contribution in [3.63, 3.8) is 0 Å². The maximum atomic E-state index is 6.83. The molecule has 2 aliphatic carbocycles. The van der Waals surface area contributed by atoms with Gasteiger partial charge >= 0.3 is 0 Å². The van der Waals surface area contributed by atoms with E-state index in [1.54, 1.807) is 0 Å². The fourth-order valence-electron chi connectivity index (χ4n) is 6.39. The Kier molecular flexibility index (Phi) is 8.72. The van der Waals surface area contributed by atoms with Gasteiger partial charge < -0.3 is 23.7 Å². The molecule has 0 N–H and O–H groups in total. The average Bonchev–Trinajstić information content (AvgIpc) is 3.33. The van der Waals surface area contributed by atoms with Crippen LogP contribution < -0.4 is 0 Å². The number of fused-ring (bicyclic) bond motifs is 1. The lowest BCUT2D eigenvalue weighted by atomic mass is 9.81. The maximum absolute atomic E-state index is 6.83. The molecule has 5 nitrogen and oxygen atoms in total. The molecule has 3 aromatic carbocycles. The highest BCUT2D eigenvalue weighted by Gasteiger charge is 2.57. The Hall–Kier alpha value is -2.54. The summed E-state index contributed by atoms with van der Waals surface area (Å²) in [4.78, 5) is 0. The van der Waals surface area contributed by atoms with Crippen LogP contribution in [-0.4, -0.2) is 36.8 Å². The van der Waals surface area contributed by atoms with Crippen molar-refractivity contribution in [3.05, 3.63) is 108 Å². The van der Waals surface area contributed by atoms with E-state index in [0.717, 1.165) is 43.2 Å². The van der Waals surface area contributed by atoms with Gasteiger partial charge in [-0.3, -0.25) is 0 Å². The summed E-state index contributed by atoms with van der Waals surface area (Å²) in [6.07, 6.45) is 5.68. The molecular formula is C34H40O5. The standard InChI is InChI=1S/C34H40O5/c1-5-13-26(14-6-1)22-35-25-29-21-30-32(39-34(38-30)19-11-4-12-20-34)33(37-24-28-17-9-3-10-18-28)31(29)36-23-27-15-7-2-8-16-27/h1-3,5-10,13-18,29-33H,4,11-12,19-25H2/t29-,30-,31-,32-,33+/m1/s1. The summed E-state index contributed by atoms with van der Waals surface area (Å²) in [5.41, 5.74) is 3.47. The Morgan fingerprint density at radius 2 is 1.15 bits per heavy atom. The molecule has 1 spiro atoms. The van der Waals surface area contributed by atoms with Crippen LogP contribution in [0.4, 0.5) is 0 Å². The smallest absolute Gasteiger partial charge is 0.169 e. The molecule has 0 amide bonds. The van der Waals surface area contributed by atoms with E-state index in [1.807, 2.05) is 18.2 Å². The first kappa shape index (κ1) is 26.7. The van der Waals surface area contributed by atoms with Crippen molar-refractivity contribution in [1.29, 1.82) is 0 Å². The van der Waals surface area contributed by atoms with E-state index in [0.29, 0.717) is 26.4 Å². The van der Waals surface area contributed by atoms with Crippen LogP contribution in [0.5, 0.6) is 0 Å². The van der Waals surface area contributed by atoms with E-state index in [9.17, 15) is 0 Å². The van der Waals surface area contributed by atoms with Crippen LogP contribution in [0.2, 0.25) is 0 Å². The molecule has 0 aromatic heterocycles. The van der Waals surface area contributed by atoms with E-state index in [2.05, 4.69) is 72.8 Å². The number of benzene rings is 3. The van der Waals surface area contributed by atoms with Gasteiger partial charge in [0.2, 0.25) is 0 Å². The summed E-state index contributed by atoms with van der Waals surface area (Å²) in [5.74, 6) is -0.354. The van der Waals surface area contributed by atoms with Gasteiger partial charge in [-0.2, -0.15) is 0 Å². The predicted molar refractivity (Wildman–Crippen MR) is 150 cm³/mol. The molecule has 6 rings (SSSR count). The second-order valence-electron chi connectivity index (χ2n) is 11.2. The Balaban J connectivity index is 1.24. The second kappa shape index (κ2) is 12.8. The minimum atomic E-state index is -0.480. The monoisotopic (exact) mass is 528 g/mol. The summed E-state index contributed by atoms with van der Waals surface area (Å²) in [6, 6.07) is 31.1. The summed E-state index contributed by atoms with van der Waals surface area (Å²) >= 11 is 0. The lowest BCUT2D eigenvalue weighted by Crippen LogP contribution is -2.55. The molecule has 39 heavy (non-hydrogen) atoms. The van der Waals surface area contributed by atoms with E-state index in [-0.39, 0.29) is 30.3 Å². The van der Waals surface area contributed by atoms with Gasteiger partial charge in [0.05, 0.1) is 38.6 Å². The molecule has 1 aliphatic heterocycles. The highest BCUT2D eigenvalue weighted by molar-refractivity contribution is 5.16. The van der Waals surface area contributed by atoms with Crippen LogP contribution in [0.25, 0.3) is 0 Å². The van der Waals surface area contributed by atoms with Crippen molar-refractivity contribution in [1.82, 2.24) is 0 Å². The van der Waals surface area contributed by atoms with E-state index < -0.39 is 5.79 Å². The zero-order valence-electron chi connectivity index (χ0n) is 22.7. The lowest BCUT2D eigenvalue weighted by Gasteiger charge is -2.42. The number of hydrogen-bond acceptors (Lipinski definition) is 5. The molecular weight excluding hydrogens is 488 g/mol. The van der Waals surface area contributed by atoms with Crippen LogP contribution >= 0.6 is 0 Å². The highest BCUT2D eigenvalue weighted by Crippen LogP contribution is 2.47. The highest BCUT2D eigenvalue weighted by atomic mass is 16.8. The van der Waals surface area contributed by atoms with Crippen molar-refractivity contribution >= 4 is 0 Å². The van der Waals surface area contributed by atoms with Gasteiger partial charge in [-0.25, -0.2) is 0 Å². The van der Waals surface area contributed by atoms with Crippen molar-refractivity contribution < 1.29 is 23.7 Å². The van der Waals surface area contributed by atoms with Gasteiger partial charge in [0.15, 0.2) is 5.79 Å². The fourth-order valence-corrected chi connectivity index (χ4v) is 6.39. The second-order valence-corrected chi connectivity index (χ2v) is 11.2. The number of rotatable bonds is 10. The molecule has 2 saturated carbocycles. The molecule has 0 bridgehead atoms. The molecule has 3 aliphatic rings. The van der Waals surface area contributed by atoms with Gasteiger partial charge in [-0.15, -0.1) is 0 Å². The van der Waals surface area contributed by atoms with Crippen LogP contribution in [0, 0.1) is 5.92 Å². The predicted octanol–water partition coefficient (Wildman–Crippen LogP) is 6.84. The summed E-state index contributed by atoms with van der Waals surface area (Å²) in [7, 11) is 0. The third-order valence-electron chi connectivity index (χ3n) is 8.36. The molecule has 0 unspecified atom stereocenters. The van der Waals surface area contributed by atoms with Gasteiger partial charge in [-0.1, -0.05) is 97.4 Å².